The van der Waals surface area contributed by atoms with Crippen molar-refractivity contribution in [1.82, 2.24) is 10.6 Å². The van der Waals surface area contributed by atoms with Crippen LogP contribution in [0.2, 0.25) is 5.02 Å². The van der Waals surface area contributed by atoms with Crippen molar-refractivity contribution in [1.29, 1.82) is 0 Å². The Morgan fingerprint density at radius 2 is 2.12 bits per heavy atom. The zero-order chi connectivity index (χ0) is 11.3. The second kappa shape index (κ2) is 8.11. The van der Waals surface area contributed by atoms with Gasteiger partial charge in [-0.1, -0.05) is 11.6 Å². The molecule has 6 heteroatoms. The molecule has 1 aromatic carbocycles. The van der Waals surface area contributed by atoms with E-state index in [-0.39, 0.29) is 18.3 Å². The Bertz CT molecular complexity index is 361. The van der Waals surface area contributed by atoms with Gasteiger partial charge in [0, 0.05) is 22.2 Å². The lowest BCUT2D eigenvalue weighted by Gasteiger charge is -2.05. The first-order valence-corrected chi connectivity index (χ1v) is 5.98. The third-order valence-corrected chi connectivity index (χ3v) is 3.38. The fourth-order valence-corrected chi connectivity index (χ4v) is 1.67. The molecule has 0 radical (unpaired) electrons. The number of benzene rings is 1. The van der Waals surface area contributed by atoms with Crippen molar-refractivity contribution in [2.45, 2.75) is 0 Å². The number of carbonyl (C=O) groups excluding carboxylic acids is 1. The molecular formula is C10H13Cl2IN2O. The summed E-state index contributed by atoms with van der Waals surface area (Å²) in [6, 6.07) is 5.23. The molecule has 0 spiro atoms. The van der Waals surface area contributed by atoms with Crippen molar-refractivity contribution in [3.05, 3.63) is 32.4 Å². The zero-order valence-corrected chi connectivity index (χ0v) is 12.4. The highest BCUT2D eigenvalue weighted by atomic mass is 127. The molecule has 0 aromatic heterocycles. The van der Waals surface area contributed by atoms with Crippen molar-refractivity contribution in [2.24, 2.45) is 0 Å². The van der Waals surface area contributed by atoms with Crippen LogP contribution in [0, 0.1) is 3.57 Å². The van der Waals surface area contributed by atoms with Crippen LogP contribution in [-0.2, 0) is 0 Å². The first kappa shape index (κ1) is 16.0. The van der Waals surface area contributed by atoms with Crippen LogP contribution < -0.4 is 10.6 Å². The van der Waals surface area contributed by atoms with E-state index in [1.54, 1.807) is 18.2 Å². The van der Waals surface area contributed by atoms with E-state index >= 15 is 0 Å². The Morgan fingerprint density at radius 1 is 1.44 bits per heavy atom. The molecule has 3 nitrogen and oxygen atoms in total. The smallest absolute Gasteiger partial charge is 0.251 e. The minimum absolute atomic E-state index is 0. The summed E-state index contributed by atoms with van der Waals surface area (Å²) in [6.07, 6.45) is 0. The van der Waals surface area contributed by atoms with Gasteiger partial charge in [0.2, 0.25) is 0 Å². The summed E-state index contributed by atoms with van der Waals surface area (Å²) in [7, 11) is 1.84. The Balaban J connectivity index is 0.00000225. The van der Waals surface area contributed by atoms with Gasteiger partial charge < -0.3 is 10.6 Å². The van der Waals surface area contributed by atoms with E-state index in [0.717, 1.165) is 10.1 Å². The Labute approximate surface area is 120 Å². The van der Waals surface area contributed by atoms with Crippen LogP contribution in [0.25, 0.3) is 0 Å². The maximum Gasteiger partial charge on any atom is 0.251 e. The molecule has 0 aliphatic rings. The van der Waals surface area contributed by atoms with E-state index in [1.165, 1.54) is 0 Å². The molecule has 0 aliphatic heterocycles. The molecule has 0 heterocycles. The largest absolute Gasteiger partial charge is 0.351 e. The topological polar surface area (TPSA) is 41.1 Å². The highest BCUT2D eigenvalue weighted by Crippen LogP contribution is 2.19. The summed E-state index contributed by atoms with van der Waals surface area (Å²) in [5.41, 5.74) is 0.639. The van der Waals surface area contributed by atoms with Gasteiger partial charge in [-0.3, -0.25) is 4.79 Å². The molecule has 0 fully saturated rings. The Hall–Kier alpha value is -0.0400. The van der Waals surface area contributed by atoms with E-state index in [0.29, 0.717) is 17.1 Å². The van der Waals surface area contributed by atoms with Gasteiger partial charge in [-0.15, -0.1) is 12.4 Å². The molecule has 90 valence electrons. The van der Waals surface area contributed by atoms with Crippen molar-refractivity contribution in [3.8, 4) is 0 Å². The van der Waals surface area contributed by atoms with E-state index in [1.807, 2.05) is 7.05 Å². The minimum Gasteiger partial charge on any atom is -0.351 e. The van der Waals surface area contributed by atoms with Crippen LogP contribution in [0.4, 0.5) is 0 Å². The predicted octanol–water partition coefficient (Wildman–Crippen LogP) is 2.32. The standard InChI is InChI=1S/C10H12ClIN2O.ClH/c1-13-4-5-14-10(15)7-2-3-8(11)9(12)6-7;/h2-3,6,13H,4-5H2,1H3,(H,14,15);1H. The maximum absolute atomic E-state index is 11.6. The Morgan fingerprint density at radius 3 is 2.69 bits per heavy atom. The fraction of sp³-hybridized carbons (Fsp3) is 0.300. The average Bonchev–Trinajstić information content (AvgIpc) is 2.22. The number of rotatable bonds is 4. The van der Waals surface area contributed by atoms with Crippen LogP contribution in [-0.4, -0.2) is 26.0 Å². The van der Waals surface area contributed by atoms with Gasteiger partial charge in [0.25, 0.3) is 5.91 Å². The second-order valence-electron chi connectivity index (χ2n) is 2.99. The van der Waals surface area contributed by atoms with Gasteiger partial charge in [0.15, 0.2) is 0 Å². The van der Waals surface area contributed by atoms with E-state index in [9.17, 15) is 4.79 Å². The lowest BCUT2D eigenvalue weighted by molar-refractivity contribution is 0.0954. The first-order chi connectivity index (χ1) is 7.15. The van der Waals surface area contributed by atoms with Gasteiger partial charge >= 0.3 is 0 Å². The lowest BCUT2D eigenvalue weighted by atomic mass is 10.2. The molecule has 2 N–H and O–H groups in total. The Kier molecular flexibility index (Phi) is 8.09. The predicted molar refractivity (Wildman–Crippen MR) is 77.7 cm³/mol. The summed E-state index contributed by atoms with van der Waals surface area (Å²) in [6.45, 7) is 1.38. The molecule has 0 saturated heterocycles. The minimum atomic E-state index is -0.0696. The normalized spacial score (nSPS) is 9.44. The molecule has 0 unspecified atom stereocenters. The molecule has 0 bridgehead atoms. The van der Waals surface area contributed by atoms with Crippen molar-refractivity contribution >= 4 is 52.5 Å². The summed E-state index contributed by atoms with van der Waals surface area (Å²) in [5, 5.41) is 6.43. The van der Waals surface area contributed by atoms with Crippen molar-refractivity contribution < 1.29 is 4.79 Å². The summed E-state index contributed by atoms with van der Waals surface area (Å²) in [4.78, 5) is 11.6. The molecule has 0 saturated carbocycles. The molecule has 1 aromatic rings. The molecular weight excluding hydrogens is 362 g/mol. The summed E-state index contributed by atoms with van der Waals surface area (Å²) in [5.74, 6) is -0.0696. The quantitative estimate of drug-likeness (QED) is 0.627. The van der Waals surface area contributed by atoms with Gasteiger partial charge in [-0.05, 0) is 47.8 Å². The highest BCUT2D eigenvalue weighted by molar-refractivity contribution is 14.1. The van der Waals surface area contributed by atoms with E-state index < -0.39 is 0 Å². The maximum atomic E-state index is 11.6. The number of hydrogen-bond donors (Lipinski definition) is 2. The van der Waals surface area contributed by atoms with Gasteiger partial charge in [0.05, 0.1) is 5.02 Å². The first-order valence-electron chi connectivity index (χ1n) is 4.53. The molecule has 1 amide bonds. The van der Waals surface area contributed by atoms with E-state index in [2.05, 4.69) is 33.2 Å². The summed E-state index contributed by atoms with van der Waals surface area (Å²) >= 11 is 7.97. The van der Waals surface area contributed by atoms with E-state index in [4.69, 9.17) is 11.6 Å². The fourth-order valence-electron chi connectivity index (χ4n) is 1.04. The SMILES string of the molecule is CNCCNC(=O)c1ccc(Cl)c(I)c1.Cl. The molecule has 16 heavy (non-hydrogen) atoms. The van der Waals surface area contributed by atoms with Crippen LogP contribution in [0.15, 0.2) is 18.2 Å². The number of hydrogen-bond acceptors (Lipinski definition) is 2. The molecule has 1 rings (SSSR count). The van der Waals surface area contributed by atoms with Crippen LogP contribution in [0.1, 0.15) is 10.4 Å². The monoisotopic (exact) mass is 374 g/mol. The van der Waals surface area contributed by atoms with Gasteiger partial charge in [-0.2, -0.15) is 0 Å². The van der Waals surface area contributed by atoms with Crippen LogP contribution in [0.5, 0.6) is 0 Å². The van der Waals surface area contributed by atoms with Gasteiger partial charge in [-0.25, -0.2) is 0 Å². The number of nitrogens with one attached hydrogen (secondary N) is 2. The van der Waals surface area contributed by atoms with Gasteiger partial charge in [0.1, 0.15) is 0 Å². The molecule has 0 atom stereocenters. The zero-order valence-electron chi connectivity index (χ0n) is 8.72. The van der Waals surface area contributed by atoms with Crippen LogP contribution >= 0.6 is 46.6 Å². The number of amides is 1. The second-order valence-corrected chi connectivity index (χ2v) is 4.56. The average molecular weight is 375 g/mol. The van der Waals surface area contributed by atoms with Crippen molar-refractivity contribution in [2.75, 3.05) is 20.1 Å². The third kappa shape index (κ3) is 4.86. The lowest BCUT2D eigenvalue weighted by Crippen LogP contribution is -2.30. The highest BCUT2D eigenvalue weighted by Gasteiger charge is 2.06. The van der Waals surface area contributed by atoms with Crippen LogP contribution in [0.3, 0.4) is 0 Å². The van der Waals surface area contributed by atoms with Crippen molar-refractivity contribution in [3.63, 3.8) is 0 Å². The third-order valence-electron chi connectivity index (χ3n) is 1.84. The molecule has 0 aliphatic carbocycles. The number of likely N-dealkylation sites (N-methyl/N-ethyl adjacent to an activating group) is 1. The number of carbonyl (C=O) groups is 1. The number of halogens is 3. The summed E-state index contributed by atoms with van der Waals surface area (Å²) < 4.78 is 0.885.